The van der Waals surface area contributed by atoms with Crippen molar-refractivity contribution in [3.63, 3.8) is 0 Å². The zero-order valence-corrected chi connectivity index (χ0v) is 13.8. The van der Waals surface area contributed by atoms with E-state index < -0.39 is 9.84 Å². The lowest BCUT2D eigenvalue weighted by atomic mass is 9.94. The Hall–Kier alpha value is -0.870. The number of hydrogen-bond acceptors (Lipinski definition) is 3. The van der Waals surface area contributed by atoms with Crippen molar-refractivity contribution in [2.45, 2.75) is 51.0 Å². The molecule has 0 radical (unpaired) electrons. The third-order valence-corrected chi connectivity index (χ3v) is 4.77. The summed E-state index contributed by atoms with van der Waals surface area (Å²) in [5, 5.41) is 3.53. The minimum absolute atomic E-state index is 0.228. The van der Waals surface area contributed by atoms with Crippen molar-refractivity contribution >= 4 is 9.84 Å². The van der Waals surface area contributed by atoms with Gasteiger partial charge in [0.25, 0.3) is 0 Å². The highest BCUT2D eigenvalue weighted by Gasteiger charge is 2.16. The fourth-order valence-electron chi connectivity index (χ4n) is 2.19. The molecule has 1 rings (SSSR count). The van der Waals surface area contributed by atoms with E-state index in [-0.39, 0.29) is 6.04 Å². The first kappa shape index (κ1) is 17.2. The molecule has 0 aliphatic carbocycles. The van der Waals surface area contributed by atoms with Crippen LogP contribution in [0.25, 0.3) is 0 Å². The number of nitrogens with one attached hydrogen (secondary N) is 1. The van der Waals surface area contributed by atoms with Crippen LogP contribution in [0, 0.1) is 5.92 Å². The van der Waals surface area contributed by atoms with Gasteiger partial charge in [0.1, 0.15) is 0 Å². The molecule has 0 aliphatic rings. The molecule has 0 fully saturated rings. The van der Waals surface area contributed by atoms with Gasteiger partial charge in [-0.15, -0.1) is 0 Å². The van der Waals surface area contributed by atoms with E-state index in [1.807, 2.05) is 18.2 Å². The molecule has 0 aliphatic heterocycles. The zero-order chi connectivity index (χ0) is 15.2. The smallest absolute Gasteiger partial charge is 0.175 e. The quantitative estimate of drug-likeness (QED) is 0.798. The van der Waals surface area contributed by atoms with Crippen LogP contribution in [-0.4, -0.2) is 21.2 Å². The molecule has 0 saturated heterocycles. The van der Waals surface area contributed by atoms with Crippen LogP contribution in [-0.2, 0) is 9.84 Å². The Labute approximate surface area is 123 Å². The molecule has 2 atom stereocenters. The molecule has 4 heteroatoms. The van der Waals surface area contributed by atoms with E-state index in [1.54, 1.807) is 6.07 Å². The maximum Gasteiger partial charge on any atom is 0.175 e. The van der Waals surface area contributed by atoms with Crippen molar-refractivity contribution in [3.8, 4) is 0 Å². The summed E-state index contributed by atoms with van der Waals surface area (Å²) < 4.78 is 23.4. The van der Waals surface area contributed by atoms with Gasteiger partial charge in [0.15, 0.2) is 9.84 Å². The van der Waals surface area contributed by atoms with Crippen molar-refractivity contribution < 1.29 is 8.42 Å². The van der Waals surface area contributed by atoms with Gasteiger partial charge in [-0.25, -0.2) is 8.42 Å². The van der Waals surface area contributed by atoms with E-state index in [1.165, 1.54) is 6.26 Å². The first-order valence-corrected chi connectivity index (χ1v) is 9.31. The Kier molecular flexibility index (Phi) is 6.69. The second kappa shape index (κ2) is 7.79. The SMILES string of the molecule is CCCNC(CC(C)CC)c1cccc(S(C)(=O)=O)c1. The van der Waals surface area contributed by atoms with Gasteiger partial charge < -0.3 is 5.32 Å². The first-order valence-electron chi connectivity index (χ1n) is 7.41. The van der Waals surface area contributed by atoms with Crippen LogP contribution in [0.5, 0.6) is 0 Å². The molecule has 0 spiro atoms. The highest BCUT2D eigenvalue weighted by Crippen LogP contribution is 2.25. The summed E-state index contributed by atoms with van der Waals surface area (Å²) in [6.45, 7) is 7.51. The van der Waals surface area contributed by atoms with Crippen LogP contribution in [0.1, 0.15) is 51.6 Å². The van der Waals surface area contributed by atoms with Crippen LogP contribution >= 0.6 is 0 Å². The molecular weight excluding hydrogens is 270 g/mol. The van der Waals surface area contributed by atoms with Crippen molar-refractivity contribution in [3.05, 3.63) is 29.8 Å². The Morgan fingerprint density at radius 2 is 1.95 bits per heavy atom. The molecule has 114 valence electrons. The standard InChI is InChI=1S/C16H27NO2S/c1-5-10-17-16(11-13(3)6-2)14-8-7-9-15(12-14)20(4,18)19/h7-9,12-13,16-17H,5-6,10-11H2,1-4H3. The molecule has 2 unspecified atom stereocenters. The lowest BCUT2D eigenvalue weighted by Crippen LogP contribution is -2.24. The van der Waals surface area contributed by atoms with Gasteiger partial charge in [0.05, 0.1) is 4.90 Å². The summed E-state index contributed by atoms with van der Waals surface area (Å²) in [6, 6.07) is 7.56. The van der Waals surface area contributed by atoms with Gasteiger partial charge in [0, 0.05) is 12.3 Å². The second-order valence-electron chi connectivity index (χ2n) is 5.60. The highest BCUT2D eigenvalue weighted by molar-refractivity contribution is 7.90. The van der Waals surface area contributed by atoms with Gasteiger partial charge >= 0.3 is 0 Å². The average Bonchev–Trinajstić information content (AvgIpc) is 2.42. The number of benzene rings is 1. The van der Waals surface area contributed by atoms with E-state index in [0.29, 0.717) is 10.8 Å². The Balaban J connectivity index is 3.00. The second-order valence-corrected chi connectivity index (χ2v) is 7.62. The normalized spacial score (nSPS) is 15.0. The molecule has 1 N–H and O–H groups in total. The monoisotopic (exact) mass is 297 g/mol. The van der Waals surface area contributed by atoms with E-state index in [0.717, 1.165) is 31.4 Å². The maximum absolute atomic E-state index is 11.7. The molecule has 1 aromatic carbocycles. The largest absolute Gasteiger partial charge is 0.310 e. The lowest BCUT2D eigenvalue weighted by molar-refractivity contribution is 0.402. The third kappa shape index (κ3) is 5.25. The fraction of sp³-hybridized carbons (Fsp3) is 0.625. The minimum atomic E-state index is -3.14. The average molecular weight is 297 g/mol. The molecule has 0 aromatic heterocycles. The first-order chi connectivity index (χ1) is 9.38. The van der Waals surface area contributed by atoms with Crippen LogP contribution in [0.2, 0.25) is 0 Å². The molecule has 0 amide bonds. The summed E-state index contributed by atoms with van der Waals surface area (Å²) >= 11 is 0. The Bertz CT molecular complexity index is 511. The van der Waals surface area contributed by atoms with Crippen LogP contribution in [0.3, 0.4) is 0 Å². The van der Waals surface area contributed by atoms with Crippen LogP contribution in [0.15, 0.2) is 29.2 Å². The molecule has 0 bridgehead atoms. The van der Waals surface area contributed by atoms with E-state index in [2.05, 4.69) is 26.1 Å². The maximum atomic E-state index is 11.7. The van der Waals surface area contributed by atoms with Gasteiger partial charge in [-0.2, -0.15) is 0 Å². The molecular formula is C16H27NO2S. The Morgan fingerprint density at radius 3 is 2.50 bits per heavy atom. The molecule has 1 aromatic rings. The van der Waals surface area contributed by atoms with Crippen LogP contribution in [0.4, 0.5) is 0 Å². The molecule has 0 saturated carbocycles. The summed E-state index contributed by atoms with van der Waals surface area (Å²) in [6.07, 6.45) is 4.50. The summed E-state index contributed by atoms with van der Waals surface area (Å²) in [5.41, 5.74) is 1.07. The molecule has 0 heterocycles. The van der Waals surface area contributed by atoms with E-state index >= 15 is 0 Å². The number of sulfone groups is 1. The van der Waals surface area contributed by atoms with Crippen LogP contribution < -0.4 is 5.32 Å². The minimum Gasteiger partial charge on any atom is -0.310 e. The predicted octanol–water partition coefficient (Wildman–Crippen LogP) is 3.57. The molecule has 3 nitrogen and oxygen atoms in total. The topological polar surface area (TPSA) is 46.2 Å². The summed E-state index contributed by atoms with van der Waals surface area (Å²) in [4.78, 5) is 0.405. The number of rotatable bonds is 8. The highest BCUT2D eigenvalue weighted by atomic mass is 32.2. The third-order valence-electron chi connectivity index (χ3n) is 3.66. The fourth-order valence-corrected chi connectivity index (χ4v) is 2.86. The number of hydrogen-bond donors (Lipinski definition) is 1. The van der Waals surface area contributed by atoms with Gasteiger partial charge in [-0.3, -0.25) is 0 Å². The van der Waals surface area contributed by atoms with Gasteiger partial charge in [-0.05, 0) is 43.0 Å². The zero-order valence-electron chi connectivity index (χ0n) is 13.0. The van der Waals surface area contributed by atoms with Gasteiger partial charge in [-0.1, -0.05) is 39.3 Å². The van der Waals surface area contributed by atoms with E-state index in [9.17, 15) is 8.42 Å². The molecule has 20 heavy (non-hydrogen) atoms. The van der Waals surface area contributed by atoms with Crippen molar-refractivity contribution in [1.82, 2.24) is 5.32 Å². The predicted molar refractivity (Wildman–Crippen MR) is 84.7 cm³/mol. The lowest BCUT2D eigenvalue weighted by Gasteiger charge is -2.22. The van der Waals surface area contributed by atoms with Gasteiger partial charge in [0.2, 0.25) is 0 Å². The van der Waals surface area contributed by atoms with Crippen molar-refractivity contribution in [1.29, 1.82) is 0 Å². The van der Waals surface area contributed by atoms with Crippen molar-refractivity contribution in [2.75, 3.05) is 12.8 Å². The summed E-state index contributed by atoms with van der Waals surface area (Å²) in [7, 11) is -3.14. The Morgan fingerprint density at radius 1 is 1.25 bits per heavy atom. The van der Waals surface area contributed by atoms with Crippen molar-refractivity contribution in [2.24, 2.45) is 5.92 Å². The van der Waals surface area contributed by atoms with E-state index in [4.69, 9.17) is 0 Å². The summed E-state index contributed by atoms with van der Waals surface area (Å²) in [5.74, 6) is 0.617.